The van der Waals surface area contributed by atoms with E-state index in [1.54, 1.807) is 0 Å². The van der Waals surface area contributed by atoms with E-state index in [-0.39, 0.29) is 6.61 Å². The average molecular weight is 291 g/mol. The lowest BCUT2D eigenvalue weighted by Gasteiger charge is -2.32. The molecule has 2 aliphatic rings. The van der Waals surface area contributed by atoms with Gasteiger partial charge in [0.15, 0.2) is 0 Å². The van der Waals surface area contributed by atoms with Crippen LogP contribution in [0.4, 0.5) is 0 Å². The van der Waals surface area contributed by atoms with Crippen molar-refractivity contribution in [2.45, 2.75) is 31.8 Å². The van der Waals surface area contributed by atoms with Crippen LogP contribution in [0.2, 0.25) is 0 Å². The Bertz CT molecular complexity index is 463. The minimum absolute atomic E-state index is 0.119. The van der Waals surface area contributed by atoms with Gasteiger partial charge in [0, 0.05) is 19.5 Å². The standard InChI is InChI=1S/C17H25NO3/c19-9-11-20-16-2-1-7-18(13-16)8-5-14-3-4-17-15(12-14)6-10-21-17/h3-4,12,16,19H,1-2,5-11,13H2/t16-/m0/s1. The Kier molecular flexibility index (Phi) is 5.12. The summed E-state index contributed by atoms with van der Waals surface area (Å²) in [6.07, 6.45) is 4.73. The number of piperidine rings is 1. The molecule has 0 aliphatic carbocycles. The molecule has 2 aliphatic heterocycles. The number of likely N-dealkylation sites (tertiary alicyclic amines) is 1. The maximum atomic E-state index is 8.84. The first-order chi connectivity index (χ1) is 10.3. The van der Waals surface area contributed by atoms with Crippen molar-refractivity contribution in [2.24, 2.45) is 0 Å². The highest BCUT2D eigenvalue weighted by atomic mass is 16.5. The second-order valence-electron chi connectivity index (χ2n) is 5.95. The molecule has 0 radical (unpaired) electrons. The number of ether oxygens (including phenoxy) is 2. The molecular formula is C17H25NO3. The largest absolute Gasteiger partial charge is 0.493 e. The molecule has 0 unspecified atom stereocenters. The third kappa shape index (κ3) is 3.96. The Morgan fingerprint density at radius 3 is 3.24 bits per heavy atom. The summed E-state index contributed by atoms with van der Waals surface area (Å²) in [6.45, 7) is 4.64. The molecule has 4 heteroatoms. The van der Waals surface area contributed by atoms with Crippen molar-refractivity contribution in [3.05, 3.63) is 29.3 Å². The molecule has 3 rings (SSSR count). The minimum Gasteiger partial charge on any atom is -0.493 e. The zero-order valence-corrected chi connectivity index (χ0v) is 12.6. The van der Waals surface area contributed by atoms with E-state index >= 15 is 0 Å². The Labute approximate surface area is 126 Å². The van der Waals surface area contributed by atoms with Crippen molar-refractivity contribution in [2.75, 3.05) is 39.5 Å². The van der Waals surface area contributed by atoms with Crippen LogP contribution in [0.5, 0.6) is 5.75 Å². The van der Waals surface area contributed by atoms with Gasteiger partial charge in [-0.15, -0.1) is 0 Å². The van der Waals surface area contributed by atoms with Gasteiger partial charge in [-0.2, -0.15) is 0 Å². The fraction of sp³-hybridized carbons (Fsp3) is 0.647. The third-order valence-corrected chi connectivity index (χ3v) is 4.38. The molecular weight excluding hydrogens is 266 g/mol. The summed E-state index contributed by atoms with van der Waals surface area (Å²) in [5.74, 6) is 1.06. The van der Waals surface area contributed by atoms with Gasteiger partial charge in [0.05, 0.1) is 25.9 Å². The van der Waals surface area contributed by atoms with Crippen molar-refractivity contribution in [1.29, 1.82) is 0 Å². The maximum absolute atomic E-state index is 8.84. The predicted octanol–water partition coefficient (Wildman–Crippen LogP) is 1.64. The highest BCUT2D eigenvalue weighted by molar-refractivity contribution is 5.39. The molecule has 2 heterocycles. The molecule has 0 spiro atoms. The highest BCUT2D eigenvalue weighted by Crippen LogP contribution is 2.26. The number of hydrogen-bond donors (Lipinski definition) is 1. The molecule has 21 heavy (non-hydrogen) atoms. The van der Waals surface area contributed by atoms with E-state index in [4.69, 9.17) is 14.6 Å². The smallest absolute Gasteiger partial charge is 0.122 e. The number of rotatable bonds is 6. The van der Waals surface area contributed by atoms with Gasteiger partial charge in [0.25, 0.3) is 0 Å². The lowest BCUT2D eigenvalue weighted by molar-refractivity contribution is -0.0141. The van der Waals surface area contributed by atoms with Crippen LogP contribution in [0.15, 0.2) is 18.2 Å². The van der Waals surface area contributed by atoms with Crippen molar-refractivity contribution in [1.82, 2.24) is 4.90 Å². The van der Waals surface area contributed by atoms with Gasteiger partial charge in [-0.3, -0.25) is 0 Å². The number of fused-ring (bicyclic) bond motifs is 1. The van der Waals surface area contributed by atoms with Crippen LogP contribution in [0.3, 0.4) is 0 Å². The van der Waals surface area contributed by atoms with Gasteiger partial charge in [-0.1, -0.05) is 12.1 Å². The first kappa shape index (κ1) is 14.8. The molecule has 1 N–H and O–H groups in total. The van der Waals surface area contributed by atoms with E-state index in [1.807, 2.05) is 0 Å². The molecule has 1 aromatic rings. The zero-order valence-electron chi connectivity index (χ0n) is 12.6. The van der Waals surface area contributed by atoms with Gasteiger partial charge in [-0.05, 0) is 43.0 Å². The Morgan fingerprint density at radius 1 is 1.38 bits per heavy atom. The fourth-order valence-corrected chi connectivity index (χ4v) is 3.25. The SMILES string of the molecule is OCCO[C@H]1CCCN(CCc2ccc3c(c2)CCO3)C1. The van der Waals surface area contributed by atoms with Crippen LogP contribution in [0, 0.1) is 0 Å². The van der Waals surface area contributed by atoms with Crippen LogP contribution in [0.1, 0.15) is 24.0 Å². The summed E-state index contributed by atoms with van der Waals surface area (Å²) in [4.78, 5) is 2.48. The number of benzene rings is 1. The van der Waals surface area contributed by atoms with Crippen LogP contribution in [0.25, 0.3) is 0 Å². The Morgan fingerprint density at radius 2 is 2.33 bits per heavy atom. The number of aliphatic hydroxyl groups is 1. The van der Waals surface area contributed by atoms with Gasteiger partial charge in [-0.25, -0.2) is 0 Å². The van der Waals surface area contributed by atoms with Crippen molar-refractivity contribution < 1.29 is 14.6 Å². The Hall–Kier alpha value is -1.10. The first-order valence-electron chi connectivity index (χ1n) is 8.04. The minimum atomic E-state index is 0.119. The second-order valence-corrected chi connectivity index (χ2v) is 5.95. The quantitative estimate of drug-likeness (QED) is 0.865. The summed E-state index contributed by atoms with van der Waals surface area (Å²) in [7, 11) is 0. The molecule has 1 atom stereocenters. The van der Waals surface area contributed by atoms with E-state index in [2.05, 4.69) is 23.1 Å². The molecule has 4 nitrogen and oxygen atoms in total. The molecule has 0 bridgehead atoms. The first-order valence-corrected chi connectivity index (χ1v) is 8.04. The molecule has 0 amide bonds. The number of aliphatic hydroxyl groups excluding tert-OH is 1. The third-order valence-electron chi connectivity index (χ3n) is 4.38. The maximum Gasteiger partial charge on any atom is 0.122 e. The van der Waals surface area contributed by atoms with Gasteiger partial charge >= 0.3 is 0 Å². The van der Waals surface area contributed by atoms with Gasteiger partial charge in [0.1, 0.15) is 5.75 Å². The lowest BCUT2D eigenvalue weighted by Crippen LogP contribution is -2.41. The number of nitrogens with zero attached hydrogens (tertiary/aromatic N) is 1. The second kappa shape index (κ2) is 7.25. The van der Waals surface area contributed by atoms with Crippen LogP contribution in [-0.4, -0.2) is 55.6 Å². The average Bonchev–Trinajstić information content (AvgIpc) is 2.99. The molecule has 0 aromatic heterocycles. The van der Waals surface area contributed by atoms with E-state index in [9.17, 15) is 0 Å². The predicted molar refractivity (Wildman–Crippen MR) is 81.8 cm³/mol. The summed E-state index contributed by atoms with van der Waals surface area (Å²) in [5, 5.41) is 8.84. The van der Waals surface area contributed by atoms with Crippen molar-refractivity contribution in [3.8, 4) is 5.75 Å². The molecule has 116 valence electrons. The van der Waals surface area contributed by atoms with Gasteiger partial charge in [0.2, 0.25) is 0 Å². The monoisotopic (exact) mass is 291 g/mol. The van der Waals surface area contributed by atoms with Crippen LogP contribution >= 0.6 is 0 Å². The van der Waals surface area contributed by atoms with E-state index < -0.39 is 0 Å². The summed E-state index contributed by atoms with van der Waals surface area (Å²) in [6, 6.07) is 6.60. The fourth-order valence-electron chi connectivity index (χ4n) is 3.25. The normalized spacial score (nSPS) is 22.0. The van der Waals surface area contributed by atoms with Crippen molar-refractivity contribution in [3.63, 3.8) is 0 Å². The summed E-state index contributed by atoms with van der Waals surface area (Å²) >= 11 is 0. The highest BCUT2D eigenvalue weighted by Gasteiger charge is 2.20. The van der Waals surface area contributed by atoms with Crippen LogP contribution < -0.4 is 4.74 Å². The van der Waals surface area contributed by atoms with Gasteiger partial charge < -0.3 is 19.5 Å². The van der Waals surface area contributed by atoms with E-state index in [0.29, 0.717) is 12.7 Å². The van der Waals surface area contributed by atoms with Crippen molar-refractivity contribution >= 4 is 0 Å². The summed E-state index contributed by atoms with van der Waals surface area (Å²) < 4.78 is 11.2. The Balaban J connectivity index is 1.48. The van der Waals surface area contributed by atoms with E-state index in [1.165, 1.54) is 17.5 Å². The van der Waals surface area contributed by atoms with E-state index in [0.717, 1.165) is 51.3 Å². The lowest BCUT2D eigenvalue weighted by atomic mass is 10.0. The topological polar surface area (TPSA) is 41.9 Å². The summed E-state index contributed by atoms with van der Waals surface area (Å²) in [5.41, 5.74) is 2.76. The zero-order chi connectivity index (χ0) is 14.5. The molecule has 1 saturated heterocycles. The molecule has 0 saturated carbocycles. The molecule has 1 fully saturated rings. The molecule has 1 aromatic carbocycles. The number of hydrogen-bond acceptors (Lipinski definition) is 4. The van der Waals surface area contributed by atoms with Crippen LogP contribution in [-0.2, 0) is 17.6 Å².